The lowest BCUT2D eigenvalue weighted by Gasteiger charge is -2.03. The van der Waals surface area contributed by atoms with Gasteiger partial charge in [-0.1, -0.05) is 11.3 Å². The van der Waals surface area contributed by atoms with Crippen LogP contribution in [0, 0.1) is 10.1 Å². The van der Waals surface area contributed by atoms with Gasteiger partial charge in [0, 0.05) is 24.4 Å². The number of hydrogen-bond donors (Lipinski definition) is 1. The van der Waals surface area contributed by atoms with E-state index in [4.69, 9.17) is 4.74 Å². The zero-order valence-electron chi connectivity index (χ0n) is 10.4. The Morgan fingerprint density at radius 2 is 2.26 bits per heavy atom. The molecule has 0 aliphatic carbocycles. The molecule has 8 heteroatoms. The highest BCUT2D eigenvalue weighted by Crippen LogP contribution is 2.22. The maximum atomic E-state index is 11.6. The summed E-state index contributed by atoms with van der Waals surface area (Å²) in [4.78, 5) is 32.6. The average molecular weight is 286 g/mol. The van der Waals surface area contributed by atoms with Crippen LogP contribution in [-0.2, 0) is 9.53 Å². The van der Waals surface area contributed by atoms with Gasteiger partial charge in [-0.05, 0) is 13.3 Å². The van der Waals surface area contributed by atoms with Crippen LogP contribution in [0.3, 0.4) is 0 Å². The van der Waals surface area contributed by atoms with Crippen molar-refractivity contribution in [2.45, 2.75) is 19.8 Å². The largest absolute Gasteiger partial charge is 0.466 e. The van der Waals surface area contributed by atoms with E-state index in [0.29, 0.717) is 19.6 Å². The van der Waals surface area contributed by atoms with Gasteiger partial charge in [0.2, 0.25) is 0 Å². The van der Waals surface area contributed by atoms with Crippen molar-refractivity contribution in [3.8, 4) is 0 Å². The molecule has 0 aliphatic rings. The summed E-state index contributed by atoms with van der Waals surface area (Å²) < 4.78 is 4.74. The van der Waals surface area contributed by atoms with Crippen LogP contribution in [-0.4, -0.2) is 30.0 Å². The Balaban J connectivity index is 2.31. The minimum absolute atomic E-state index is 0.0725. The first-order valence-corrected chi connectivity index (χ1v) is 6.59. The summed E-state index contributed by atoms with van der Waals surface area (Å²) in [6.07, 6.45) is 0.703. The smallest absolute Gasteiger partial charge is 0.324 e. The quantitative estimate of drug-likeness (QED) is 0.356. The summed E-state index contributed by atoms with van der Waals surface area (Å²) in [7, 11) is 0. The fraction of sp³-hybridized carbons (Fsp3) is 0.455. The van der Waals surface area contributed by atoms with Crippen molar-refractivity contribution in [1.29, 1.82) is 0 Å². The molecule has 0 unspecified atom stereocenters. The fourth-order valence-corrected chi connectivity index (χ4v) is 2.01. The van der Waals surface area contributed by atoms with Crippen LogP contribution in [0.2, 0.25) is 0 Å². The zero-order chi connectivity index (χ0) is 14.3. The minimum atomic E-state index is -0.539. The molecule has 7 nitrogen and oxygen atoms in total. The van der Waals surface area contributed by atoms with Crippen LogP contribution in [0.5, 0.6) is 0 Å². The standard InChI is InChI=1S/C11H14N2O5S/c1-2-18-10(14)4-3-5-12-11(15)8-6-9(13(16)17)19-7-8/h6-7H,2-5H2,1H3,(H,12,15). The molecule has 0 radical (unpaired) electrons. The maximum Gasteiger partial charge on any atom is 0.324 e. The number of nitro groups is 1. The number of hydrogen-bond acceptors (Lipinski definition) is 6. The summed E-state index contributed by atoms with van der Waals surface area (Å²) >= 11 is 0.903. The van der Waals surface area contributed by atoms with Crippen LogP contribution in [0.25, 0.3) is 0 Å². The number of esters is 1. The van der Waals surface area contributed by atoms with E-state index in [-0.39, 0.29) is 28.9 Å². The molecule has 0 fully saturated rings. The minimum Gasteiger partial charge on any atom is -0.466 e. The molecule has 1 rings (SSSR count). The average Bonchev–Trinajstić information content (AvgIpc) is 2.84. The third kappa shape index (κ3) is 5.04. The van der Waals surface area contributed by atoms with E-state index in [1.165, 1.54) is 11.4 Å². The van der Waals surface area contributed by atoms with Gasteiger partial charge in [0.05, 0.1) is 17.1 Å². The Labute approximate surface area is 113 Å². The SMILES string of the molecule is CCOC(=O)CCCNC(=O)c1csc([N+](=O)[O-])c1. The van der Waals surface area contributed by atoms with Gasteiger partial charge in [-0.25, -0.2) is 0 Å². The van der Waals surface area contributed by atoms with E-state index in [0.717, 1.165) is 11.3 Å². The number of carbonyl (C=O) groups is 2. The second kappa shape index (κ2) is 7.47. The number of nitrogens with zero attached hydrogens (tertiary/aromatic N) is 1. The van der Waals surface area contributed by atoms with Crippen molar-refractivity contribution in [3.63, 3.8) is 0 Å². The Bertz CT molecular complexity index is 471. The lowest BCUT2D eigenvalue weighted by molar-refractivity contribution is -0.380. The van der Waals surface area contributed by atoms with Gasteiger partial charge in [-0.15, -0.1) is 0 Å². The fourth-order valence-electron chi connectivity index (χ4n) is 1.31. The van der Waals surface area contributed by atoms with Crippen LogP contribution in [0.15, 0.2) is 11.4 Å². The summed E-state index contributed by atoms with van der Waals surface area (Å²) in [6.45, 7) is 2.38. The normalized spacial score (nSPS) is 9.95. The second-order valence-corrected chi connectivity index (χ2v) is 4.48. The number of amides is 1. The number of carbonyl (C=O) groups excluding carboxylic acids is 2. The Morgan fingerprint density at radius 1 is 1.53 bits per heavy atom. The molecule has 1 amide bonds. The van der Waals surface area contributed by atoms with Gasteiger partial charge in [-0.2, -0.15) is 0 Å². The summed E-state index contributed by atoms with van der Waals surface area (Å²) in [5, 5.41) is 14.4. The molecule has 1 heterocycles. The summed E-state index contributed by atoms with van der Waals surface area (Å²) in [6, 6.07) is 1.23. The molecule has 104 valence electrons. The van der Waals surface area contributed by atoms with Gasteiger partial charge in [0.25, 0.3) is 5.91 Å². The first-order valence-electron chi connectivity index (χ1n) is 5.71. The lowest BCUT2D eigenvalue weighted by Crippen LogP contribution is -2.24. The number of thiophene rings is 1. The van der Waals surface area contributed by atoms with Gasteiger partial charge in [0.15, 0.2) is 0 Å². The lowest BCUT2D eigenvalue weighted by atomic mass is 10.3. The second-order valence-electron chi connectivity index (χ2n) is 3.60. The Hall–Kier alpha value is -1.96. The number of rotatable bonds is 7. The van der Waals surface area contributed by atoms with E-state index < -0.39 is 4.92 Å². The molecule has 0 aliphatic heterocycles. The van der Waals surface area contributed by atoms with Crippen molar-refractivity contribution in [2.75, 3.05) is 13.2 Å². The molecule has 0 saturated carbocycles. The number of nitrogens with one attached hydrogen (secondary N) is 1. The monoisotopic (exact) mass is 286 g/mol. The third-order valence-corrected chi connectivity index (χ3v) is 3.06. The van der Waals surface area contributed by atoms with E-state index in [1.807, 2.05) is 0 Å². The summed E-state index contributed by atoms with van der Waals surface area (Å²) in [5.74, 6) is -0.684. The van der Waals surface area contributed by atoms with Crippen molar-refractivity contribution >= 4 is 28.2 Å². The Kier molecular flexibility index (Phi) is 5.94. The Morgan fingerprint density at radius 3 is 2.84 bits per heavy atom. The zero-order valence-corrected chi connectivity index (χ0v) is 11.2. The molecular formula is C11H14N2O5S. The van der Waals surface area contributed by atoms with Crippen molar-refractivity contribution < 1.29 is 19.2 Å². The molecule has 0 bridgehead atoms. The van der Waals surface area contributed by atoms with E-state index in [9.17, 15) is 19.7 Å². The maximum absolute atomic E-state index is 11.6. The van der Waals surface area contributed by atoms with Gasteiger partial charge in [-0.3, -0.25) is 19.7 Å². The van der Waals surface area contributed by atoms with Gasteiger partial charge >= 0.3 is 11.0 Å². The van der Waals surface area contributed by atoms with E-state index in [1.54, 1.807) is 6.92 Å². The summed E-state index contributed by atoms with van der Waals surface area (Å²) in [5.41, 5.74) is 0.257. The van der Waals surface area contributed by atoms with Crippen molar-refractivity contribution in [2.24, 2.45) is 0 Å². The van der Waals surface area contributed by atoms with Crippen LogP contribution >= 0.6 is 11.3 Å². The topological polar surface area (TPSA) is 98.5 Å². The van der Waals surface area contributed by atoms with Crippen LogP contribution in [0.1, 0.15) is 30.1 Å². The molecule has 1 N–H and O–H groups in total. The highest BCUT2D eigenvalue weighted by Gasteiger charge is 2.14. The van der Waals surface area contributed by atoms with Crippen molar-refractivity contribution in [3.05, 3.63) is 27.1 Å². The first-order chi connectivity index (χ1) is 9.04. The molecule has 1 aromatic heterocycles. The highest BCUT2D eigenvalue weighted by atomic mass is 32.1. The third-order valence-electron chi connectivity index (χ3n) is 2.18. The van der Waals surface area contributed by atoms with E-state index in [2.05, 4.69) is 5.32 Å². The van der Waals surface area contributed by atoms with E-state index >= 15 is 0 Å². The van der Waals surface area contributed by atoms with Crippen LogP contribution < -0.4 is 5.32 Å². The molecule has 19 heavy (non-hydrogen) atoms. The number of ether oxygens (including phenoxy) is 1. The molecule has 0 aromatic carbocycles. The molecule has 1 aromatic rings. The van der Waals surface area contributed by atoms with Crippen molar-refractivity contribution in [1.82, 2.24) is 5.32 Å². The molecule has 0 atom stereocenters. The first kappa shape index (κ1) is 15.1. The molecular weight excluding hydrogens is 272 g/mol. The highest BCUT2D eigenvalue weighted by molar-refractivity contribution is 7.13. The van der Waals surface area contributed by atoms with Gasteiger partial charge in [0.1, 0.15) is 0 Å². The van der Waals surface area contributed by atoms with Gasteiger partial charge < -0.3 is 10.1 Å². The molecule has 0 saturated heterocycles. The predicted octanol–water partition coefficient (Wildman–Crippen LogP) is 1.73. The molecule has 0 spiro atoms. The van der Waals surface area contributed by atoms with Crippen LogP contribution in [0.4, 0.5) is 5.00 Å². The predicted molar refractivity (Wildman–Crippen MR) is 69.2 cm³/mol.